The smallest absolute Gasteiger partial charge is 0.253 e. The van der Waals surface area contributed by atoms with Crippen molar-refractivity contribution in [1.82, 2.24) is 5.32 Å². The third-order valence-corrected chi connectivity index (χ3v) is 2.91. The SMILES string of the molecule is CNc1c(C(=O)NC(C)(C)C)ccc2ccccc12. The van der Waals surface area contributed by atoms with E-state index in [-0.39, 0.29) is 11.4 Å². The summed E-state index contributed by atoms with van der Waals surface area (Å²) in [5.74, 6) is -0.0531. The number of benzene rings is 2. The van der Waals surface area contributed by atoms with Crippen molar-refractivity contribution in [3.63, 3.8) is 0 Å². The van der Waals surface area contributed by atoms with Gasteiger partial charge in [0, 0.05) is 18.0 Å². The Morgan fingerprint density at radius 2 is 1.74 bits per heavy atom. The summed E-state index contributed by atoms with van der Waals surface area (Å²) in [5, 5.41) is 8.33. The van der Waals surface area contributed by atoms with Crippen molar-refractivity contribution >= 4 is 22.4 Å². The molecule has 0 aromatic heterocycles. The van der Waals surface area contributed by atoms with Crippen LogP contribution in [0.4, 0.5) is 5.69 Å². The van der Waals surface area contributed by atoms with Crippen molar-refractivity contribution in [2.75, 3.05) is 12.4 Å². The summed E-state index contributed by atoms with van der Waals surface area (Å²) in [6.07, 6.45) is 0. The van der Waals surface area contributed by atoms with Crippen LogP contribution in [0.25, 0.3) is 10.8 Å². The normalized spacial score (nSPS) is 11.4. The maximum absolute atomic E-state index is 12.3. The van der Waals surface area contributed by atoms with Gasteiger partial charge in [0.05, 0.1) is 11.3 Å². The number of hydrogen-bond acceptors (Lipinski definition) is 2. The number of nitrogens with one attached hydrogen (secondary N) is 2. The molecule has 0 atom stereocenters. The lowest BCUT2D eigenvalue weighted by molar-refractivity contribution is 0.0920. The summed E-state index contributed by atoms with van der Waals surface area (Å²) in [6.45, 7) is 5.93. The molecule has 2 rings (SSSR count). The van der Waals surface area contributed by atoms with E-state index >= 15 is 0 Å². The standard InChI is InChI=1S/C16H20N2O/c1-16(2,3)18-15(19)13-10-9-11-7-5-6-8-12(11)14(13)17-4/h5-10,17H,1-4H3,(H,18,19). The summed E-state index contributed by atoms with van der Waals surface area (Å²) in [7, 11) is 1.84. The largest absolute Gasteiger partial charge is 0.387 e. The molecule has 0 heterocycles. The van der Waals surface area contributed by atoms with Crippen molar-refractivity contribution < 1.29 is 4.79 Å². The maximum atomic E-state index is 12.3. The molecule has 3 nitrogen and oxygen atoms in total. The molecule has 100 valence electrons. The number of carbonyl (C=O) groups is 1. The van der Waals surface area contributed by atoms with Gasteiger partial charge >= 0.3 is 0 Å². The van der Waals surface area contributed by atoms with Crippen molar-refractivity contribution in [3.05, 3.63) is 42.0 Å². The topological polar surface area (TPSA) is 41.1 Å². The lowest BCUT2D eigenvalue weighted by Gasteiger charge is -2.22. The highest BCUT2D eigenvalue weighted by molar-refractivity contribution is 6.08. The first kappa shape index (κ1) is 13.4. The molecule has 0 spiro atoms. The van der Waals surface area contributed by atoms with Crippen LogP contribution in [-0.4, -0.2) is 18.5 Å². The Kier molecular flexibility index (Phi) is 3.47. The van der Waals surface area contributed by atoms with E-state index in [1.54, 1.807) is 0 Å². The van der Waals surface area contributed by atoms with Crippen LogP contribution in [0.1, 0.15) is 31.1 Å². The van der Waals surface area contributed by atoms with Crippen molar-refractivity contribution in [2.45, 2.75) is 26.3 Å². The van der Waals surface area contributed by atoms with Crippen LogP contribution in [0.2, 0.25) is 0 Å². The van der Waals surface area contributed by atoms with Gasteiger partial charge in [-0.2, -0.15) is 0 Å². The quantitative estimate of drug-likeness (QED) is 0.864. The number of rotatable bonds is 2. The highest BCUT2D eigenvalue weighted by atomic mass is 16.1. The summed E-state index contributed by atoms with van der Waals surface area (Å²) in [5.41, 5.74) is 1.31. The number of hydrogen-bond donors (Lipinski definition) is 2. The molecular formula is C16H20N2O. The Morgan fingerprint density at radius 1 is 1.05 bits per heavy atom. The van der Waals surface area contributed by atoms with Crippen LogP contribution in [0, 0.1) is 0 Å². The highest BCUT2D eigenvalue weighted by Crippen LogP contribution is 2.27. The van der Waals surface area contributed by atoms with E-state index in [0.29, 0.717) is 5.56 Å². The number of anilines is 1. The predicted molar refractivity (Wildman–Crippen MR) is 80.7 cm³/mol. The van der Waals surface area contributed by atoms with Crippen LogP contribution in [0.3, 0.4) is 0 Å². The van der Waals surface area contributed by atoms with E-state index in [2.05, 4.69) is 10.6 Å². The minimum Gasteiger partial charge on any atom is -0.387 e. The molecule has 0 saturated carbocycles. The van der Waals surface area contributed by atoms with Gasteiger partial charge < -0.3 is 10.6 Å². The second-order valence-corrected chi connectivity index (χ2v) is 5.66. The van der Waals surface area contributed by atoms with E-state index < -0.39 is 0 Å². The lowest BCUT2D eigenvalue weighted by Crippen LogP contribution is -2.40. The minimum atomic E-state index is -0.242. The fraction of sp³-hybridized carbons (Fsp3) is 0.312. The van der Waals surface area contributed by atoms with Crippen molar-refractivity contribution in [3.8, 4) is 0 Å². The summed E-state index contributed by atoms with van der Waals surface area (Å²) in [4.78, 5) is 12.3. The molecule has 0 bridgehead atoms. The number of carbonyl (C=O) groups excluding carboxylic acids is 1. The van der Waals surface area contributed by atoms with Crippen LogP contribution in [-0.2, 0) is 0 Å². The molecule has 0 saturated heterocycles. The van der Waals surface area contributed by atoms with Crippen LogP contribution in [0.5, 0.6) is 0 Å². The highest BCUT2D eigenvalue weighted by Gasteiger charge is 2.18. The molecule has 0 unspecified atom stereocenters. The molecular weight excluding hydrogens is 236 g/mol. The van der Waals surface area contributed by atoms with Gasteiger partial charge in [-0.25, -0.2) is 0 Å². The minimum absolute atomic E-state index is 0.0531. The average Bonchev–Trinajstić information content (AvgIpc) is 2.35. The van der Waals surface area contributed by atoms with Gasteiger partial charge in [0.25, 0.3) is 5.91 Å². The zero-order valence-electron chi connectivity index (χ0n) is 11.9. The Labute approximate surface area is 114 Å². The van der Waals surface area contributed by atoms with Gasteiger partial charge in [0.15, 0.2) is 0 Å². The molecule has 0 radical (unpaired) electrons. The van der Waals surface area contributed by atoms with E-state index in [0.717, 1.165) is 16.5 Å². The fourth-order valence-electron chi connectivity index (χ4n) is 2.14. The van der Waals surface area contributed by atoms with Gasteiger partial charge in [0.1, 0.15) is 0 Å². The molecule has 0 aliphatic carbocycles. The third kappa shape index (κ3) is 2.87. The van der Waals surface area contributed by atoms with E-state index in [9.17, 15) is 4.79 Å². The molecule has 2 aromatic carbocycles. The molecule has 1 amide bonds. The maximum Gasteiger partial charge on any atom is 0.253 e. The van der Waals surface area contributed by atoms with E-state index in [1.807, 2.05) is 64.2 Å². The summed E-state index contributed by atoms with van der Waals surface area (Å²) in [6, 6.07) is 11.9. The van der Waals surface area contributed by atoms with E-state index in [4.69, 9.17) is 0 Å². The van der Waals surface area contributed by atoms with Gasteiger partial charge in [0.2, 0.25) is 0 Å². The van der Waals surface area contributed by atoms with Crippen LogP contribution >= 0.6 is 0 Å². The Balaban J connectivity index is 2.52. The molecule has 0 aliphatic heterocycles. The molecule has 0 fully saturated rings. The van der Waals surface area contributed by atoms with Crippen LogP contribution in [0.15, 0.2) is 36.4 Å². The van der Waals surface area contributed by atoms with E-state index in [1.165, 1.54) is 0 Å². The number of fused-ring (bicyclic) bond motifs is 1. The zero-order valence-corrected chi connectivity index (χ0v) is 11.9. The zero-order chi connectivity index (χ0) is 14.0. The Bertz CT molecular complexity index is 612. The average molecular weight is 256 g/mol. The van der Waals surface area contributed by atoms with Crippen LogP contribution < -0.4 is 10.6 Å². The number of amides is 1. The molecule has 19 heavy (non-hydrogen) atoms. The van der Waals surface area contributed by atoms with Gasteiger partial charge in [-0.1, -0.05) is 30.3 Å². The first-order valence-electron chi connectivity index (χ1n) is 6.44. The molecule has 3 heteroatoms. The molecule has 0 aliphatic rings. The summed E-state index contributed by atoms with van der Waals surface area (Å²) < 4.78 is 0. The lowest BCUT2D eigenvalue weighted by atomic mass is 10.0. The van der Waals surface area contributed by atoms with Gasteiger partial charge in [-0.05, 0) is 32.2 Å². The predicted octanol–water partition coefficient (Wildman–Crippen LogP) is 3.41. The monoisotopic (exact) mass is 256 g/mol. The van der Waals surface area contributed by atoms with Crippen molar-refractivity contribution in [2.24, 2.45) is 0 Å². The Hall–Kier alpha value is -2.03. The van der Waals surface area contributed by atoms with Crippen molar-refractivity contribution in [1.29, 1.82) is 0 Å². The first-order chi connectivity index (χ1) is 8.92. The second kappa shape index (κ2) is 4.92. The first-order valence-corrected chi connectivity index (χ1v) is 6.44. The fourth-order valence-corrected chi connectivity index (χ4v) is 2.14. The van der Waals surface area contributed by atoms with Gasteiger partial charge in [-0.3, -0.25) is 4.79 Å². The molecule has 2 N–H and O–H groups in total. The second-order valence-electron chi connectivity index (χ2n) is 5.66. The Morgan fingerprint density at radius 3 is 2.37 bits per heavy atom. The summed E-state index contributed by atoms with van der Waals surface area (Å²) >= 11 is 0. The third-order valence-electron chi connectivity index (χ3n) is 2.91. The molecule has 2 aromatic rings. The van der Waals surface area contributed by atoms with Gasteiger partial charge in [-0.15, -0.1) is 0 Å².